The van der Waals surface area contributed by atoms with Gasteiger partial charge < -0.3 is 20.9 Å². The summed E-state index contributed by atoms with van der Waals surface area (Å²) in [5.74, 6) is -0.167. The summed E-state index contributed by atoms with van der Waals surface area (Å²) in [5.41, 5.74) is 3.61. The second-order valence-electron chi connectivity index (χ2n) is 7.15. The first-order valence-electron chi connectivity index (χ1n) is 9.82. The van der Waals surface area contributed by atoms with E-state index in [2.05, 4.69) is 30.9 Å². The lowest BCUT2D eigenvalue weighted by Gasteiger charge is -2.13. The Morgan fingerprint density at radius 1 is 1.00 bits per heavy atom. The molecule has 0 spiro atoms. The predicted molar refractivity (Wildman–Crippen MR) is 117 cm³/mol. The van der Waals surface area contributed by atoms with Gasteiger partial charge >= 0.3 is 6.03 Å². The van der Waals surface area contributed by atoms with Gasteiger partial charge in [-0.2, -0.15) is 0 Å². The summed E-state index contributed by atoms with van der Waals surface area (Å²) in [6, 6.07) is 10.8. The van der Waals surface area contributed by atoms with Crippen molar-refractivity contribution in [2.24, 2.45) is 0 Å². The van der Waals surface area contributed by atoms with Crippen molar-refractivity contribution >= 4 is 23.3 Å². The molecule has 9 heteroatoms. The molecule has 0 fully saturated rings. The number of halogens is 1. The van der Waals surface area contributed by atoms with Crippen LogP contribution in [-0.2, 0) is 6.54 Å². The third-order valence-corrected chi connectivity index (χ3v) is 5.16. The van der Waals surface area contributed by atoms with Crippen molar-refractivity contribution < 1.29 is 14.0 Å². The first-order chi connectivity index (χ1) is 15.6. The number of anilines is 2. The van der Waals surface area contributed by atoms with Gasteiger partial charge in [-0.1, -0.05) is 6.07 Å². The number of benzene rings is 2. The Labute approximate surface area is 181 Å². The van der Waals surface area contributed by atoms with E-state index in [4.69, 9.17) is 0 Å². The number of amides is 3. The maximum absolute atomic E-state index is 15.0. The van der Waals surface area contributed by atoms with Crippen LogP contribution in [0, 0.1) is 5.82 Å². The van der Waals surface area contributed by atoms with Crippen LogP contribution >= 0.6 is 0 Å². The lowest BCUT2D eigenvalue weighted by atomic mass is 9.92. The number of aromatic nitrogens is 3. The number of nitrogens with zero attached hydrogens (tertiary/aromatic N) is 2. The molecular weight excluding hydrogens is 411 g/mol. The van der Waals surface area contributed by atoms with Gasteiger partial charge in [0.05, 0.1) is 17.4 Å². The highest BCUT2D eigenvalue weighted by molar-refractivity contribution is 6.06. The van der Waals surface area contributed by atoms with Crippen LogP contribution < -0.4 is 16.0 Å². The van der Waals surface area contributed by atoms with Crippen molar-refractivity contribution in [2.45, 2.75) is 6.54 Å². The van der Waals surface area contributed by atoms with Crippen molar-refractivity contribution in [2.75, 3.05) is 10.6 Å². The Kier molecular flexibility index (Phi) is 4.83. The molecule has 0 saturated heterocycles. The van der Waals surface area contributed by atoms with E-state index in [1.807, 2.05) is 0 Å². The molecule has 32 heavy (non-hydrogen) atoms. The number of carbonyl (C=O) groups is 2. The number of carbonyl (C=O) groups excluding carboxylic acids is 2. The van der Waals surface area contributed by atoms with Gasteiger partial charge in [0.1, 0.15) is 11.6 Å². The zero-order chi connectivity index (χ0) is 22.1. The van der Waals surface area contributed by atoms with Gasteiger partial charge in [0.25, 0.3) is 5.91 Å². The fourth-order valence-corrected chi connectivity index (χ4v) is 3.75. The van der Waals surface area contributed by atoms with Crippen LogP contribution in [0.25, 0.3) is 22.5 Å². The molecule has 8 nitrogen and oxygen atoms in total. The maximum atomic E-state index is 15.0. The Hall–Kier alpha value is -4.53. The summed E-state index contributed by atoms with van der Waals surface area (Å²) in [4.78, 5) is 35.8. The molecule has 0 aliphatic carbocycles. The first kappa shape index (κ1) is 19.4. The monoisotopic (exact) mass is 428 g/mol. The van der Waals surface area contributed by atoms with Gasteiger partial charge in [-0.15, -0.1) is 0 Å². The Bertz CT molecular complexity index is 1320. The molecule has 4 aromatic rings. The van der Waals surface area contributed by atoms with E-state index in [0.717, 1.165) is 0 Å². The van der Waals surface area contributed by atoms with Crippen molar-refractivity contribution in [3.8, 4) is 22.5 Å². The molecule has 158 valence electrons. The topological polar surface area (TPSA) is 112 Å². The molecule has 0 atom stereocenters. The van der Waals surface area contributed by atoms with E-state index in [-0.39, 0.29) is 5.91 Å². The van der Waals surface area contributed by atoms with E-state index in [0.29, 0.717) is 51.6 Å². The minimum atomic E-state index is -0.517. The highest BCUT2D eigenvalue weighted by Crippen LogP contribution is 2.36. The number of pyridine rings is 1. The number of hydrogen-bond donors (Lipinski definition) is 4. The maximum Gasteiger partial charge on any atom is 0.323 e. The number of fused-ring (bicyclic) bond motifs is 1. The van der Waals surface area contributed by atoms with Gasteiger partial charge in [0.15, 0.2) is 0 Å². The summed E-state index contributed by atoms with van der Waals surface area (Å²) < 4.78 is 15.0. The molecule has 0 saturated carbocycles. The molecule has 2 aromatic carbocycles. The van der Waals surface area contributed by atoms with Crippen LogP contribution in [0.4, 0.5) is 20.6 Å². The summed E-state index contributed by atoms with van der Waals surface area (Å²) in [6.07, 6.45) is 6.39. The van der Waals surface area contributed by atoms with Crippen molar-refractivity contribution in [3.63, 3.8) is 0 Å². The van der Waals surface area contributed by atoms with Crippen LogP contribution in [0.5, 0.6) is 0 Å². The smallest absolute Gasteiger partial charge is 0.323 e. The van der Waals surface area contributed by atoms with Crippen molar-refractivity contribution in [3.05, 3.63) is 84.2 Å². The second-order valence-corrected chi connectivity index (χ2v) is 7.15. The molecule has 0 bridgehead atoms. The zero-order valence-electron chi connectivity index (χ0n) is 16.6. The summed E-state index contributed by atoms with van der Waals surface area (Å²) in [7, 11) is 0. The van der Waals surface area contributed by atoms with Gasteiger partial charge in [-0.3, -0.25) is 9.78 Å². The molecule has 4 N–H and O–H groups in total. The molecule has 5 rings (SSSR count). The number of urea groups is 1. The van der Waals surface area contributed by atoms with Gasteiger partial charge in [-0.25, -0.2) is 14.2 Å². The molecule has 3 amide bonds. The number of hydrogen-bond acceptors (Lipinski definition) is 4. The fourth-order valence-electron chi connectivity index (χ4n) is 3.75. The average molecular weight is 428 g/mol. The number of rotatable bonds is 4. The Balaban J connectivity index is 1.44. The van der Waals surface area contributed by atoms with Gasteiger partial charge in [0.2, 0.25) is 0 Å². The summed E-state index contributed by atoms with van der Waals surface area (Å²) in [6.45, 7) is 0.297. The highest BCUT2D eigenvalue weighted by Gasteiger charge is 2.28. The van der Waals surface area contributed by atoms with E-state index in [1.165, 1.54) is 12.3 Å². The average Bonchev–Trinajstić information content (AvgIpc) is 3.45. The van der Waals surface area contributed by atoms with Crippen LogP contribution in [0.15, 0.2) is 67.3 Å². The molecule has 2 aromatic heterocycles. The van der Waals surface area contributed by atoms with Crippen LogP contribution in [0.1, 0.15) is 15.9 Å². The number of nitrogens with one attached hydrogen (secondary N) is 4. The predicted octanol–water partition coefficient (Wildman–Crippen LogP) is 4.17. The first-order valence-corrected chi connectivity index (χ1v) is 9.82. The Morgan fingerprint density at radius 3 is 2.56 bits per heavy atom. The van der Waals surface area contributed by atoms with Gasteiger partial charge in [-0.05, 0) is 47.5 Å². The second kappa shape index (κ2) is 7.95. The molecular formula is C23H17FN6O2. The lowest BCUT2D eigenvalue weighted by Crippen LogP contribution is -2.19. The molecule has 1 aliphatic rings. The third-order valence-electron chi connectivity index (χ3n) is 5.16. The number of imidazole rings is 1. The van der Waals surface area contributed by atoms with Crippen LogP contribution in [0.2, 0.25) is 0 Å². The third kappa shape index (κ3) is 3.56. The van der Waals surface area contributed by atoms with Gasteiger partial charge in [0, 0.05) is 41.9 Å². The van der Waals surface area contributed by atoms with Crippen molar-refractivity contribution in [1.82, 2.24) is 20.3 Å². The fraction of sp³-hybridized carbons (Fsp3) is 0.0435. The SMILES string of the molecule is O=C(Nc1cccnc1)Nc1ccc(-c2ccc(-c3ncc[nH]3)c3c2CNC3=O)c(F)c1. The zero-order valence-corrected chi connectivity index (χ0v) is 16.6. The minimum absolute atomic E-state index is 0.223. The largest absolute Gasteiger partial charge is 0.348 e. The van der Waals surface area contributed by atoms with E-state index in [9.17, 15) is 9.59 Å². The van der Waals surface area contributed by atoms with Crippen LogP contribution in [0.3, 0.4) is 0 Å². The Morgan fingerprint density at radius 2 is 1.81 bits per heavy atom. The van der Waals surface area contributed by atoms with E-state index in [1.54, 1.807) is 55.0 Å². The van der Waals surface area contributed by atoms with E-state index < -0.39 is 11.8 Å². The molecule has 1 aliphatic heterocycles. The van der Waals surface area contributed by atoms with Crippen LogP contribution in [-0.4, -0.2) is 26.9 Å². The lowest BCUT2D eigenvalue weighted by molar-refractivity contribution is 0.0966. The van der Waals surface area contributed by atoms with Crippen molar-refractivity contribution in [1.29, 1.82) is 0 Å². The van der Waals surface area contributed by atoms with E-state index >= 15 is 4.39 Å². The number of H-pyrrole nitrogens is 1. The molecule has 0 radical (unpaired) electrons. The summed E-state index contributed by atoms with van der Waals surface area (Å²) >= 11 is 0. The molecule has 3 heterocycles. The normalized spacial score (nSPS) is 12.2. The minimum Gasteiger partial charge on any atom is -0.348 e. The quantitative estimate of drug-likeness (QED) is 0.391. The standard InChI is InChI=1S/C23H17FN6O2/c24-19-10-13(29-23(32)30-14-2-1-7-25-11-14)3-4-16(19)15-5-6-17(21-26-8-9-27-21)20-18(15)12-28-22(20)31/h1-11H,12H2,(H,26,27)(H,28,31)(H2,29,30,32). The highest BCUT2D eigenvalue weighted by atomic mass is 19.1. The summed E-state index contributed by atoms with van der Waals surface area (Å²) in [5, 5.41) is 8.03. The molecule has 0 unspecified atom stereocenters. The number of aromatic amines is 1.